The maximum absolute atomic E-state index is 12.4. The molecule has 0 radical (unpaired) electrons. The number of nitrogen functional groups attached to an aromatic ring is 2. The van der Waals surface area contributed by atoms with E-state index in [4.69, 9.17) is 60.9 Å². The van der Waals surface area contributed by atoms with Crippen molar-refractivity contribution in [2.75, 3.05) is 35.3 Å². The number of aliphatic hydroxyl groups is 2. The van der Waals surface area contributed by atoms with Gasteiger partial charge >= 0.3 is 27.4 Å². The van der Waals surface area contributed by atoms with Crippen LogP contribution in [-0.2, 0) is 84.6 Å². The van der Waals surface area contributed by atoms with E-state index in [1.165, 1.54) is 10.9 Å². The van der Waals surface area contributed by atoms with Crippen molar-refractivity contribution >= 4 is 75.3 Å². The van der Waals surface area contributed by atoms with Crippen molar-refractivity contribution in [3.63, 3.8) is 0 Å². The van der Waals surface area contributed by atoms with Crippen LogP contribution in [0.5, 0.6) is 0 Å². The van der Waals surface area contributed by atoms with Crippen LogP contribution >= 0.6 is 15.6 Å². The van der Waals surface area contributed by atoms with Crippen LogP contribution in [0.25, 0.3) is 11.2 Å². The first kappa shape index (κ1) is 38.2. The van der Waals surface area contributed by atoms with Crippen LogP contribution in [0.15, 0.2) is 27.3 Å². The topological polar surface area (TPSA) is 384 Å². The molecule has 25 nitrogen and oxygen atoms in total. The summed E-state index contributed by atoms with van der Waals surface area (Å²) in [4.78, 5) is 55.2. The molecule has 0 saturated carbocycles. The molecule has 9 atom stereocenters. The van der Waals surface area contributed by atoms with Gasteiger partial charge in [-0.1, -0.05) is 0 Å². The van der Waals surface area contributed by atoms with Crippen LogP contribution in [0.3, 0.4) is 0 Å². The molecule has 30 heteroatoms. The Labute approximate surface area is 294 Å². The molecule has 0 aromatic carbocycles. The second-order valence-electron chi connectivity index (χ2n) is 10.1. The number of phosphoric acid groups is 2. The Hall–Kier alpha value is -3.00. The first-order chi connectivity index (χ1) is 23.4. The van der Waals surface area contributed by atoms with E-state index >= 15 is 0 Å². The molecule has 1 saturated heterocycles. The number of nitrogens with two attached hydrogens (primary N) is 2. The molecule has 3 aliphatic rings. The SMILES string of the molecule is Nc1nc2c(c(=O)[nH]1)N[C@H]1C([S-])=C([S-])[C@@H](COP(=O)([O-])OP(=O)([O-])OC[C@H]3O[C@@H](n4cnc5c(N)ncnc54)[C@H](O)[C@@H]3O)O[C@H]1N2.[O]=[Mo](=[O])=[O]. The molecule has 0 bridgehead atoms. The first-order valence-corrected chi connectivity index (χ1v) is 19.6. The summed E-state index contributed by atoms with van der Waals surface area (Å²) in [5.74, 6) is -0.105. The van der Waals surface area contributed by atoms with E-state index in [9.17, 15) is 33.9 Å². The Bertz CT molecular complexity index is 2080. The van der Waals surface area contributed by atoms with Gasteiger partial charge in [-0.05, 0) is 0 Å². The van der Waals surface area contributed by atoms with Gasteiger partial charge in [-0.25, -0.2) is 19.3 Å². The summed E-state index contributed by atoms with van der Waals surface area (Å²) in [7, 11) is -11.3. The monoisotopic (exact) mass is 866 g/mol. The quantitative estimate of drug-likeness (QED) is 0.0617. The molecule has 6 rings (SSSR count). The Balaban J connectivity index is 0.00000115. The molecule has 6 heterocycles. The summed E-state index contributed by atoms with van der Waals surface area (Å²) >= 11 is 6.54. The summed E-state index contributed by atoms with van der Waals surface area (Å²) in [6.45, 7) is -1.82. The number of anilines is 4. The van der Waals surface area contributed by atoms with Gasteiger partial charge in [0.2, 0.25) is 5.95 Å². The van der Waals surface area contributed by atoms with Crippen LogP contribution < -0.4 is 37.4 Å². The number of hydrogen-bond acceptors (Lipinski definition) is 25. The van der Waals surface area contributed by atoms with E-state index in [0.29, 0.717) is 0 Å². The van der Waals surface area contributed by atoms with Crippen molar-refractivity contribution in [1.82, 2.24) is 29.5 Å². The van der Waals surface area contributed by atoms with E-state index in [2.05, 4.69) is 44.4 Å². The van der Waals surface area contributed by atoms with Crippen LogP contribution in [0.1, 0.15) is 6.23 Å². The van der Waals surface area contributed by atoms with Gasteiger partial charge in [0.15, 0.2) is 29.7 Å². The van der Waals surface area contributed by atoms with E-state index < -0.39 is 94.5 Å². The van der Waals surface area contributed by atoms with Gasteiger partial charge in [0.1, 0.15) is 35.8 Å². The number of fused-ring (bicyclic) bond motifs is 3. The summed E-state index contributed by atoms with van der Waals surface area (Å²) in [6, 6.07) is -0.825. The molecule has 3 aromatic heterocycles. The fraction of sp³-hybridized carbons (Fsp3) is 0.450. The third-order valence-corrected chi connectivity index (χ3v) is 10.5. The molecule has 0 spiro atoms. The number of nitrogens with one attached hydrogen (secondary N) is 3. The van der Waals surface area contributed by atoms with Gasteiger partial charge in [0.25, 0.3) is 21.2 Å². The first-order valence-electron chi connectivity index (χ1n) is 13.4. The van der Waals surface area contributed by atoms with Crippen LogP contribution in [0, 0.1) is 0 Å². The molecule has 1 fully saturated rings. The van der Waals surface area contributed by atoms with Crippen molar-refractivity contribution in [1.29, 1.82) is 0 Å². The van der Waals surface area contributed by atoms with Crippen LogP contribution in [0.4, 0.5) is 23.3 Å². The number of rotatable bonds is 9. The number of H-pyrrole nitrogens is 1. The fourth-order valence-electron chi connectivity index (χ4n) is 4.81. The Kier molecular flexibility index (Phi) is 11.4. The number of hydrogen-bond donors (Lipinski definition) is 7. The van der Waals surface area contributed by atoms with Gasteiger partial charge < -0.3 is 85.9 Å². The number of aliphatic hydroxyl groups excluding tert-OH is 2. The zero-order valence-electron chi connectivity index (χ0n) is 24.3. The molecular weight excluding hydrogens is 842 g/mol. The number of nitrogens with zero attached hydrogens (tertiary/aromatic N) is 5. The predicted molar refractivity (Wildman–Crippen MR) is 157 cm³/mol. The summed E-state index contributed by atoms with van der Waals surface area (Å²) in [5.41, 5.74) is 11.1. The van der Waals surface area contributed by atoms with E-state index in [0.717, 1.165) is 6.33 Å². The fourth-order valence-corrected chi connectivity index (χ4v) is 7.37. The third-order valence-electron chi connectivity index (χ3n) is 6.93. The number of aromatic nitrogens is 6. The van der Waals surface area contributed by atoms with Crippen molar-refractivity contribution < 1.29 is 79.4 Å². The molecular formula is C20H22MoN10O15P2S2-4. The van der Waals surface area contributed by atoms with Gasteiger partial charge in [-0.2, -0.15) is 14.8 Å². The number of aromatic amines is 1. The van der Waals surface area contributed by atoms with Gasteiger partial charge in [0.05, 0.1) is 31.7 Å². The molecule has 3 aliphatic heterocycles. The van der Waals surface area contributed by atoms with Crippen LogP contribution in [-0.4, -0.2) is 89.6 Å². The molecule has 9 N–H and O–H groups in total. The minimum atomic E-state index is -5.66. The van der Waals surface area contributed by atoms with Gasteiger partial charge in [-0.3, -0.25) is 23.5 Å². The maximum atomic E-state index is 12.4. The minimum absolute atomic E-state index is 0.0260. The number of phosphoric ester groups is 2. The molecule has 3 aromatic rings. The van der Waals surface area contributed by atoms with Gasteiger partial charge in [0, 0.05) is 0 Å². The second kappa shape index (κ2) is 14.9. The molecule has 0 amide bonds. The molecule has 2 unspecified atom stereocenters. The summed E-state index contributed by atoms with van der Waals surface area (Å²) in [5, 5.41) is 26.6. The Morgan fingerprint density at radius 1 is 1.00 bits per heavy atom. The third kappa shape index (κ3) is 8.37. The normalized spacial score (nSPS) is 28.2. The van der Waals surface area contributed by atoms with Crippen molar-refractivity contribution in [2.24, 2.45) is 0 Å². The summed E-state index contributed by atoms with van der Waals surface area (Å²) < 4.78 is 76.5. The zero-order valence-corrected chi connectivity index (χ0v) is 29.8. The standard InChI is InChI=1S/C20H26N10O12P2S2.Mo.3O/c21-14-8-16(24-3-23-14)30(4-25-8)19-11(32)10(31)5(41-19)1-38-43(34,35)42-44(36,37)39-2-6-12(45)13(46)7-18(40-6)27-15-9(26-7)17(33)29-20(22)28-15;;;;/h3-7,10-11,18-19,26,31-32,45-46H,1-2H2,(H,34,35)(H,36,37)(H2,21,23,24)(H4,22,27,28,29,33);;;;/p-4/t5-,6-,7+,10-,11-,18-,19-;;;;/m1..../s1. The number of imidazole rings is 1. The van der Waals surface area contributed by atoms with Crippen molar-refractivity contribution in [3.8, 4) is 0 Å². The Morgan fingerprint density at radius 3 is 2.34 bits per heavy atom. The molecule has 274 valence electrons. The van der Waals surface area contributed by atoms with E-state index in [-0.39, 0.29) is 44.2 Å². The predicted octanol–water partition coefficient (Wildman–Crippen LogP) is -3.74. The average molecular weight is 864 g/mol. The second-order valence-corrected chi connectivity index (χ2v) is 15.0. The van der Waals surface area contributed by atoms with Gasteiger partial charge in [-0.15, -0.1) is 0 Å². The summed E-state index contributed by atoms with van der Waals surface area (Å²) in [6.07, 6.45) is -5.99. The molecule has 0 aliphatic carbocycles. The Morgan fingerprint density at radius 2 is 1.66 bits per heavy atom. The van der Waals surface area contributed by atoms with Crippen molar-refractivity contribution in [3.05, 3.63) is 32.8 Å². The van der Waals surface area contributed by atoms with Crippen molar-refractivity contribution in [2.45, 2.75) is 42.9 Å². The zero-order chi connectivity index (χ0) is 36.7. The molecule has 50 heavy (non-hydrogen) atoms. The van der Waals surface area contributed by atoms with Crippen LogP contribution in [0.2, 0.25) is 0 Å². The van der Waals surface area contributed by atoms with E-state index in [1.807, 2.05) is 0 Å². The average Bonchev–Trinajstić information content (AvgIpc) is 3.57. The van der Waals surface area contributed by atoms with E-state index in [1.54, 1.807) is 0 Å². The number of ether oxygens (including phenoxy) is 2.